The van der Waals surface area contributed by atoms with Crippen LogP contribution in [0.15, 0.2) is 24.3 Å². The number of hydrogen-bond donors (Lipinski definition) is 1. The zero-order valence-electron chi connectivity index (χ0n) is 15.3. The van der Waals surface area contributed by atoms with Gasteiger partial charge in [0.1, 0.15) is 0 Å². The summed E-state index contributed by atoms with van der Waals surface area (Å²) in [6, 6.07) is 6.45. The predicted molar refractivity (Wildman–Crippen MR) is 95.7 cm³/mol. The van der Waals surface area contributed by atoms with Gasteiger partial charge in [0, 0.05) is 37.4 Å². The molecule has 1 N–H and O–H groups in total. The molecule has 1 saturated heterocycles. The third-order valence-corrected chi connectivity index (χ3v) is 5.51. The van der Waals surface area contributed by atoms with Gasteiger partial charge in [-0.15, -0.1) is 0 Å². The van der Waals surface area contributed by atoms with Crippen molar-refractivity contribution in [3.8, 4) is 0 Å². The molecule has 0 atom stereocenters. The van der Waals surface area contributed by atoms with Crippen molar-refractivity contribution in [3.63, 3.8) is 0 Å². The zero-order valence-corrected chi connectivity index (χ0v) is 15.3. The van der Waals surface area contributed by atoms with E-state index in [1.54, 1.807) is 41.1 Å². The normalized spacial score (nSPS) is 23.7. The number of halogens is 3. The first kappa shape index (κ1) is 19.5. The average molecular weight is 383 g/mol. The number of nitrogens with zero attached hydrogens (tertiary/aromatic N) is 2. The lowest BCUT2D eigenvalue weighted by atomic mass is 9.85. The van der Waals surface area contributed by atoms with Crippen LogP contribution in [0.3, 0.4) is 0 Å². The van der Waals surface area contributed by atoms with E-state index in [0.717, 1.165) is 6.42 Å². The molecule has 2 aliphatic rings. The molecule has 1 aliphatic carbocycles. The fraction of sp³-hybridized carbons (Fsp3) is 0.579. The number of hydrogen-bond acceptors (Lipinski definition) is 2. The van der Waals surface area contributed by atoms with Crippen LogP contribution in [-0.2, 0) is 0 Å². The predicted octanol–water partition coefficient (Wildman–Crippen LogP) is 3.80. The van der Waals surface area contributed by atoms with Gasteiger partial charge in [-0.3, -0.25) is 9.69 Å². The van der Waals surface area contributed by atoms with E-state index in [-0.39, 0.29) is 30.8 Å². The molecule has 1 saturated carbocycles. The molecule has 3 amide bonds. The molecule has 0 unspecified atom stereocenters. The maximum absolute atomic E-state index is 12.8. The van der Waals surface area contributed by atoms with E-state index in [9.17, 15) is 22.8 Å². The summed E-state index contributed by atoms with van der Waals surface area (Å²) in [6.07, 6.45) is -2.52. The molecular weight excluding hydrogens is 359 g/mol. The summed E-state index contributed by atoms with van der Waals surface area (Å²) in [4.78, 5) is 28.0. The number of urea groups is 1. The van der Waals surface area contributed by atoms with Crippen LogP contribution in [0.5, 0.6) is 0 Å². The second kappa shape index (κ2) is 7.78. The quantitative estimate of drug-likeness (QED) is 0.863. The van der Waals surface area contributed by atoms with E-state index < -0.39 is 12.1 Å². The van der Waals surface area contributed by atoms with E-state index in [1.165, 1.54) is 0 Å². The zero-order chi connectivity index (χ0) is 19.6. The summed E-state index contributed by atoms with van der Waals surface area (Å²) >= 11 is 0. The van der Waals surface area contributed by atoms with Crippen LogP contribution in [-0.4, -0.2) is 49.2 Å². The summed E-state index contributed by atoms with van der Waals surface area (Å²) in [7, 11) is 1.64. The Labute approximate surface area is 156 Å². The highest BCUT2D eigenvalue weighted by molar-refractivity contribution is 5.98. The molecule has 5 nitrogen and oxygen atoms in total. The molecule has 0 spiro atoms. The van der Waals surface area contributed by atoms with E-state index in [2.05, 4.69) is 5.32 Å². The Balaban J connectivity index is 1.67. The van der Waals surface area contributed by atoms with Crippen LogP contribution in [0, 0.1) is 5.92 Å². The number of nitrogens with one attached hydrogen (secondary N) is 1. The third-order valence-electron chi connectivity index (χ3n) is 5.51. The maximum Gasteiger partial charge on any atom is 0.391 e. The van der Waals surface area contributed by atoms with E-state index in [4.69, 9.17) is 0 Å². The topological polar surface area (TPSA) is 52.7 Å². The highest BCUT2D eigenvalue weighted by Gasteiger charge is 2.42. The Morgan fingerprint density at radius 2 is 1.93 bits per heavy atom. The highest BCUT2D eigenvalue weighted by atomic mass is 19.4. The first-order chi connectivity index (χ1) is 12.8. The number of alkyl halides is 3. The van der Waals surface area contributed by atoms with Gasteiger partial charge < -0.3 is 10.2 Å². The third kappa shape index (κ3) is 4.36. The second-order valence-corrected chi connectivity index (χ2v) is 7.25. The van der Waals surface area contributed by atoms with Gasteiger partial charge in [-0.25, -0.2) is 4.79 Å². The van der Waals surface area contributed by atoms with Gasteiger partial charge in [0.15, 0.2) is 0 Å². The lowest BCUT2D eigenvalue weighted by molar-refractivity contribution is -0.183. The lowest BCUT2D eigenvalue weighted by Gasteiger charge is -2.35. The van der Waals surface area contributed by atoms with Crippen molar-refractivity contribution in [2.24, 2.45) is 5.92 Å². The molecule has 2 fully saturated rings. The van der Waals surface area contributed by atoms with Crippen molar-refractivity contribution in [1.29, 1.82) is 0 Å². The summed E-state index contributed by atoms with van der Waals surface area (Å²) in [5.74, 6) is -1.50. The molecule has 0 bridgehead atoms. The van der Waals surface area contributed by atoms with Crippen molar-refractivity contribution in [2.75, 3.05) is 25.0 Å². The van der Waals surface area contributed by atoms with Gasteiger partial charge in [0.05, 0.1) is 5.92 Å². The summed E-state index contributed by atoms with van der Waals surface area (Å²) in [6.45, 7) is 1.22. The Bertz CT molecular complexity index is 700. The fourth-order valence-corrected chi connectivity index (χ4v) is 3.84. The maximum atomic E-state index is 12.8. The number of carbonyl (C=O) groups is 2. The van der Waals surface area contributed by atoms with E-state index >= 15 is 0 Å². The molecule has 1 aromatic rings. The van der Waals surface area contributed by atoms with Crippen molar-refractivity contribution in [1.82, 2.24) is 10.2 Å². The summed E-state index contributed by atoms with van der Waals surface area (Å²) in [5, 5.41) is 2.77. The van der Waals surface area contributed by atoms with Gasteiger partial charge in [-0.05, 0) is 50.3 Å². The molecular formula is C19H24F3N3O2. The van der Waals surface area contributed by atoms with Gasteiger partial charge in [0.25, 0.3) is 5.91 Å². The molecule has 1 aromatic carbocycles. The van der Waals surface area contributed by atoms with Crippen molar-refractivity contribution in [3.05, 3.63) is 29.8 Å². The molecule has 0 radical (unpaired) electrons. The first-order valence-corrected chi connectivity index (χ1v) is 9.26. The van der Waals surface area contributed by atoms with Crippen LogP contribution in [0.25, 0.3) is 0 Å². The average Bonchev–Trinajstić information content (AvgIpc) is 2.67. The second-order valence-electron chi connectivity index (χ2n) is 7.25. The Hall–Kier alpha value is -2.25. The van der Waals surface area contributed by atoms with Crippen molar-refractivity contribution >= 4 is 17.6 Å². The number of benzene rings is 1. The molecule has 3 rings (SSSR count). The largest absolute Gasteiger partial charge is 0.391 e. The number of anilines is 1. The van der Waals surface area contributed by atoms with Gasteiger partial charge in [0.2, 0.25) is 0 Å². The molecule has 27 heavy (non-hydrogen) atoms. The standard InChI is InChI=1S/C19H24F3N3O2/c1-24(15-8-6-14(7-9-15)19(20,21)22)17(26)13-4-2-5-16(12-13)25-11-3-10-23-18(25)27/h2,4-5,12,14-15H,3,6-11H2,1H3,(H,23,27). The van der Waals surface area contributed by atoms with Crippen LogP contribution in [0.1, 0.15) is 42.5 Å². The number of amides is 3. The molecule has 8 heteroatoms. The Morgan fingerprint density at radius 1 is 1.22 bits per heavy atom. The number of carbonyl (C=O) groups excluding carboxylic acids is 2. The van der Waals surface area contributed by atoms with Crippen LogP contribution < -0.4 is 10.2 Å². The monoisotopic (exact) mass is 383 g/mol. The smallest absolute Gasteiger partial charge is 0.339 e. The Morgan fingerprint density at radius 3 is 2.56 bits per heavy atom. The SMILES string of the molecule is CN(C(=O)c1cccc(N2CCCNC2=O)c1)C1CCC(C(F)(F)F)CC1. The lowest BCUT2D eigenvalue weighted by Crippen LogP contribution is -2.46. The summed E-state index contributed by atoms with van der Waals surface area (Å²) < 4.78 is 38.5. The van der Waals surface area contributed by atoms with E-state index in [0.29, 0.717) is 37.2 Å². The first-order valence-electron chi connectivity index (χ1n) is 9.26. The van der Waals surface area contributed by atoms with Gasteiger partial charge in [-0.1, -0.05) is 6.07 Å². The van der Waals surface area contributed by atoms with Crippen LogP contribution in [0.4, 0.5) is 23.7 Å². The van der Waals surface area contributed by atoms with Crippen LogP contribution in [0.2, 0.25) is 0 Å². The minimum atomic E-state index is -4.16. The van der Waals surface area contributed by atoms with Gasteiger partial charge >= 0.3 is 12.2 Å². The minimum Gasteiger partial charge on any atom is -0.339 e. The van der Waals surface area contributed by atoms with Crippen molar-refractivity contribution in [2.45, 2.75) is 44.3 Å². The van der Waals surface area contributed by atoms with Gasteiger partial charge in [-0.2, -0.15) is 13.2 Å². The molecule has 148 valence electrons. The fourth-order valence-electron chi connectivity index (χ4n) is 3.84. The minimum absolute atomic E-state index is 0.0553. The van der Waals surface area contributed by atoms with Crippen molar-refractivity contribution < 1.29 is 22.8 Å². The molecule has 1 heterocycles. The Kier molecular flexibility index (Phi) is 5.62. The summed E-state index contributed by atoms with van der Waals surface area (Å²) in [5.41, 5.74) is 1.08. The number of rotatable bonds is 3. The van der Waals surface area contributed by atoms with E-state index in [1.807, 2.05) is 0 Å². The highest BCUT2D eigenvalue weighted by Crippen LogP contribution is 2.38. The molecule has 0 aromatic heterocycles. The molecule has 1 aliphatic heterocycles. The van der Waals surface area contributed by atoms with Crippen LogP contribution >= 0.6 is 0 Å².